The summed E-state index contributed by atoms with van der Waals surface area (Å²) in [4.78, 5) is 11.0. The predicted octanol–water partition coefficient (Wildman–Crippen LogP) is 5.06. The molecule has 0 bridgehead atoms. The molecule has 1 aliphatic carbocycles. The third-order valence-corrected chi connectivity index (χ3v) is 4.69. The molecule has 3 heteroatoms. The normalized spacial score (nSPS) is 21.5. The van der Waals surface area contributed by atoms with E-state index in [0.717, 1.165) is 25.2 Å². The molecule has 128 valence electrons. The van der Waals surface area contributed by atoms with Crippen molar-refractivity contribution in [1.29, 1.82) is 0 Å². The van der Waals surface area contributed by atoms with Gasteiger partial charge in [-0.15, -0.1) is 0 Å². The van der Waals surface area contributed by atoms with Crippen molar-refractivity contribution in [3.05, 3.63) is 29.3 Å². The lowest BCUT2D eigenvalue weighted by Gasteiger charge is -2.19. The molecule has 1 fully saturated rings. The van der Waals surface area contributed by atoms with Crippen LogP contribution in [0.25, 0.3) is 0 Å². The number of rotatable bonds is 8. The Morgan fingerprint density at radius 2 is 1.96 bits per heavy atom. The van der Waals surface area contributed by atoms with E-state index in [-0.39, 0.29) is 5.92 Å². The van der Waals surface area contributed by atoms with Crippen molar-refractivity contribution in [1.82, 2.24) is 0 Å². The van der Waals surface area contributed by atoms with Crippen LogP contribution in [0.1, 0.15) is 70.4 Å². The van der Waals surface area contributed by atoms with Crippen molar-refractivity contribution in [2.45, 2.75) is 59.3 Å². The summed E-state index contributed by atoms with van der Waals surface area (Å²) in [5.74, 6) is 1.90. The van der Waals surface area contributed by atoms with E-state index in [1.54, 1.807) is 0 Å². The van der Waals surface area contributed by atoms with Gasteiger partial charge in [0, 0.05) is 0 Å². The SMILES string of the molecule is CC(C)COc1ccc(C(C)CC2CC2C(=O)O)cc1C(C)C. The van der Waals surface area contributed by atoms with Crippen molar-refractivity contribution in [3.63, 3.8) is 0 Å². The zero-order chi connectivity index (χ0) is 17.1. The first kappa shape index (κ1) is 17.8. The van der Waals surface area contributed by atoms with Crippen LogP contribution in [0.3, 0.4) is 0 Å². The molecule has 0 heterocycles. The van der Waals surface area contributed by atoms with Crippen LogP contribution in [0.5, 0.6) is 5.75 Å². The molecule has 0 aliphatic heterocycles. The maximum Gasteiger partial charge on any atom is 0.306 e. The van der Waals surface area contributed by atoms with Crippen molar-refractivity contribution in [2.24, 2.45) is 17.8 Å². The van der Waals surface area contributed by atoms with Crippen molar-refractivity contribution >= 4 is 5.97 Å². The first-order valence-electron chi connectivity index (χ1n) is 8.79. The lowest BCUT2D eigenvalue weighted by atomic mass is 9.90. The van der Waals surface area contributed by atoms with Gasteiger partial charge in [-0.05, 0) is 53.7 Å². The van der Waals surface area contributed by atoms with E-state index in [9.17, 15) is 4.79 Å². The molecule has 0 radical (unpaired) electrons. The number of carboxylic acids is 1. The highest BCUT2D eigenvalue weighted by atomic mass is 16.5. The maximum atomic E-state index is 11.0. The molecule has 2 rings (SSSR count). The van der Waals surface area contributed by atoms with Crippen LogP contribution in [0, 0.1) is 17.8 Å². The summed E-state index contributed by atoms with van der Waals surface area (Å²) in [5, 5.41) is 9.05. The zero-order valence-corrected chi connectivity index (χ0v) is 15.0. The Labute approximate surface area is 140 Å². The summed E-state index contributed by atoms with van der Waals surface area (Å²) in [5.41, 5.74) is 2.54. The molecule has 3 unspecified atom stereocenters. The number of ether oxygens (including phenoxy) is 1. The van der Waals surface area contributed by atoms with E-state index in [1.807, 2.05) is 0 Å². The number of carbonyl (C=O) groups is 1. The van der Waals surface area contributed by atoms with Gasteiger partial charge in [0.1, 0.15) is 5.75 Å². The Morgan fingerprint density at radius 3 is 2.48 bits per heavy atom. The van der Waals surface area contributed by atoms with Crippen LogP contribution in [-0.2, 0) is 4.79 Å². The van der Waals surface area contributed by atoms with E-state index in [0.29, 0.717) is 23.7 Å². The Balaban J connectivity index is 2.07. The van der Waals surface area contributed by atoms with Crippen LogP contribution in [-0.4, -0.2) is 17.7 Å². The molecule has 1 saturated carbocycles. The van der Waals surface area contributed by atoms with Gasteiger partial charge in [-0.25, -0.2) is 0 Å². The zero-order valence-electron chi connectivity index (χ0n) is 15.0. The van der Waals surface area contributed by atoms with E-state index in [2.05, 4.69) is 52.8 Å². The minimum atomic E-state index is -0.637. The number of benzene rings is 1. The van der Waals surface area contributed by atoms with E-state index < -0.39 is 5.97 Å². The van der Waals surface area contributed by atoms with Crippen LogP contribution in [0.15, 0.2) is 18.2 Å². The summed E-state index contributed by atoms with van der Waals surface area (Å²) in [7, 11) is 0. The molecule has 1 aromatic rings. The molecule has 0 saturated heterocycles. The number of aliphatic carboxylic acids is 1. The monoisotopic (exact) mass is 318 g/mol. The van der Waals surface area contributed by atoms with E-state index in [4.69, 9.17) is 9.84 Å². The quantitative estimate of drug-likeness (QED) is 0.729. The molecular formula is C20H30O3. The molecular weight excluding hydrogens is 288 g/mol. The van der Waals surface area contributed by atoms with Crippen LogP contribution < -0.4 is 4.74 Å². The average molecular weight is 318 g/mol. The van der Waals surface area contributed by atoms with Gasteiger partial charge in [-0.2, -0.15) is 0 Å². The van der Waals surface area contributed by atoms with E-state index in [1.165, 1.54) is 11.1 Å². The summed E-state index contributed by atoms with van der Waals surface area (Å²) in [6.07, 6.45) is 1.80. The molecule has 0 spiro atoms. The fourth-order valence-corrected chi connectivity index (χ4v) is 3.11. The van der Waals surface area contributed by atoms with Gasteiger partial charge in [0.2, 0.25) is 0 Å². The van der Waals surface area contributed by atoms with Gasteiger partial charge in [0.25, 0.3) is 0 Å². The summed E-state index contributed by atoms with van der Waals surface area (Å²) >= 11 is 0. The molecule has 0 amide bonds. The first-order valence-corrected chi connectivity index (χ1v) is 8.79. The number of hydrogen-bond donors (Lipinski definition) is 1. The first-order chi connectivity index (χ1) is 10.8. The Kier molecular flexibility index (Phi) is 5.72. The van der Waals surface area contributed by atoms with E-state index >= 15 is 0 Å². The average Bonchev–Trinajstić information content (AvgIpc) is 3.24. The van der Waals surface area contributed by atoms with Gasteiger partial charge in [0.05, 0.1) is 12.5 Å². The Bertz CT molecular complexity index is 548. The highest BCUT2D eigenvalue weighted by molar-refractivity contribution is 5.73. The third kappa shape index (κ3) is 4.73. The van der Waals surface area contributed by atoms with Gasteiger partial charge < -0.3 is 9.84 Å². The number of carboxylic acid groups (broad SMARTS) is 1. The van der Waals surface area contributed by atoms with Gasteiger partial charge in [-0.1, -0.05) is 46.8 Å². The standard InChI is InChI=1S/C20H30O3/c1-12(2)11-23-19-7-6-15(9-17(19)13(3)4)14(5)8-16-10-18(16)20(21)22/h6-7,9,12-14,16,18H,8,10-11H2,1-5H3,(H,21,22). The minimum Gasteiger partial charge on any atom is -0.493 e. The minimum absolute atomic E-state index is 0.115. The summed E-state index contributed by atoms with van der Waals surface area (Å²) in [6.45, 7) is 11.6. The van der Waals surface area contributed by atoms with Gasteiger partial charge in [-0.3, -0.25) is 4.79 Å². The molecule has 1 aliphatic rings. The molecule has 3 atom stereocenters. The molecule has 0 aromatic heterocycles. The number of hydrogen-bond acceptors (Lipinski definition) is 2. The van der Waals surface area contributed by atoms with Crippen molar-refractivity contribution < 1.29 is 14.6 Å². The topological polar surface area (TPSA) is 46.5 Å². The molecule has 1 N–H and O–H groups in total. The summed E-state index contributed by atoms with van der Waals surface area (Å²) < 4.78 is 5.96. The highest BCUT2D eigenvalue weighted by Gasteiger charge is 2.43. The second-order valence-electron chi connectivity index (χ2n) is 7.73. The van der Waals surface area contributed by atoms with Crippen LogP contribution in [0.2, 0.25) is 0 Å². The molecule has 3 nitrogen and oxygen atoms in total. The molecule has 23 heavy (non-hydrogen) atoms. The lowest BCUT2D eigenvalue weighted by Crippen LogP contribution is -2.08. The second-order valence-corrected chi connectivity index (χ2v) is 7.73. The van der Waals surface area contributed by atoms with Crippen molar-refractivity contribution in [2.75, 3.05) is 6.61 Å². The Morgan fingerprint density at radius 1 is 1.26 bits per heavy atom. The fourth-order valence-electron chi connectivity index (χ4n) is 3.11. The lowest BCUT2D eigenvalue weighted by molar-refractivity contribution is -0.138. The predicted molar refractivity (Wildman–Crippen MR) is 93.1 cm³/mol. The smallest absolute Gasteiger partial charge is 0.306 e. The second kappa shape index (κ2) is 7.37. The van der Waals surface area contributed by atoms with Crippen LogP contribution in [0.4, 0.5) is 0 Å². The fraction of sp³-hybridized carbons (Fsp3) is 0.650. The largest absolute Gasteiger partial charge is 0.493 e. The van der Waals surface area contributed by atoms with Gasteiger partial charge in [0.15, 0.2) is 0 Å². The maximum absolute atomic E-state index is 11.0. The third-order valence-electron chi connectivity index (χ3n) is 4.69. The summed E-state index contributed by atoms with van der Waals surface area (Å²) in [6, 6.07) is 6.48. The highest BCUT2D eigenvalue weighted by Crippen LogP contribution is 2.45. The van der Waals surface area contributed by atoms with Gasteiger partial charge >= 0.3 is 5.97 Å². The molecule has 1 aromatic carbocycles. The Hall–Kier alpha value is -1.51. The van der Waals surface area contributed by atoms with Crippen molar-refractivity contribution in [3.8, 4) is 5.75 Å². The van der Waals surface area contributed by atoms with Crippen LogP contribution >= 0.6 is 0 Å².